The van der Waals surface area contributed by atoms with E-state index in [0.29, 0.717) is 24.5 Å². The number of fused-ring (bicyclic) bond motifs is 1. The maximum absolute atomic E-state index is 13.0. The molecule has 6 heteroatoms. The van der Waals surface area contributed by atoms with Gasteiger partial charge in [-0.1, -0.05) is 67.2 Å². The van der Waals surface area contributed by atoms with E-state index in [-0.39, 0.29) is 30.4 Å². The van der Waals surface area contributed by atoms with Gasteiger partial charge in [-0.05, 0) is 54.2 Å². The molecule has 0 saturated carbocycles. The lowest BCUT2D eigenvalue weighted by Gasteiger charge is -2.46. The molecule has 4 rings (SSSR count). The fourth-order valence-corrected chi connectivity index (χ4v) is 4.56. The van der Waals surface area contributed by atoms with Crippen LogP contribution in [0.4, 0.5) is 0 Å². The van der Waals surface area contributed by atoms with Gasteiger partial charge in [-0.15, -0.1) is 0 Å². The van der Waals surface area contributed by atoms with E-state index in [1.165, 1.54) is 10.5 Å². The van der Waals surface area contributed by atoms with Crippen LogP contribution < -0.4 is 15.8 Å². The van der Waals surface area contributed by atoms with Crippen molar-refractivity contribution in [1.82, 2.24) is 10.2 Å². The number of likely N-dealkylation sites (tertiary alicyclic amines) is 1. The zero-order valence-corrected chi connectivity index (χ0v) is 19.3. The predicted octanol–water partition coefficient (Wildman–Crippen LogP) is 4.00. The number of nitrogens with zero attached hydrogens (tertiary/aromatic N) is 1. The van der Waals surface area contributed by atoms with Crippen molar-refractivity contribution in [2.24, 2.45) is 11.7 Å². The van der Waals surface area contributed by atoms with E-state index in [1.807, 2.05) is 60.7 Å². The molecule has 3 aromatic rings. The number of nitrogens with two attached hydrogens (primary N) is 1. The fourth-order valence-electron chi connectivity index (χ4n) is 4.56. The maximum atomic E-state index is 13.0. The number of carbonyl (C=O) groups is 2. The van der Waals surface area contributed by atoms with Gasteiger partial charge in [0.1, 0.15) is 5.75 Å². The van der Waals surface area contributed by atoms with Crippen LogP contribution in [0.5, 0.6) is 5.75 Å². The molecule has 1 aliphatic rings. The molecule has 3 N–H and O–H groups in total. The van der Waals surface area contributed by atoms with E-state index in [9.17, 15) is 9.59 Å². The van der Waals surface area contributed by atoms with Crippen molar-refractivity contribution < 1.29 is 14.3 Å². The van der Waals surface area contributed by atoms with Gasteiger partial charge in [-0.2, -0.15) is 0 Å². The van der Waals surface area contributed by atoms with Crippen LogP contribution in [0.3, 0.4) is 0 Å². The van der Waals surface area contributed by atoms with Crippen molar-refractivity contribution in [1.29, 1.82) is 0 Å². The van der Waals surface area contributed by atoms with Crippen LogP contribution in [0.1, 0.15) is 24.8 Å². The Bertz CT molecular complexity index is 1160. The number of hydrogen-bond donors (Lipinski definition) is 2. The Labute approximate surface area is 200 Å². The van der Waals surface area contributed by atoms with Gasteiger partial charge in [0.25, 0.3) is 5.91 Å². The highest BCUT2D eigenvalue weighted by molar-refractivity contribution is 6.02. The van der Waals surface area contributed by atoms with Gasteiger partial charge in [0.05, 0.1) is 17.8 Å². The van der Waals surface area contributed by atoms with Crippen molar-refractivity contribution in [2.45, 2.75) is 31.7 Å². The lowest BCUT2D eigenvalue weighted by Crippen LogP contribution is -2.64. The summed E-state index contributed by atoms with van der Waals surface area (Å²) in [5.74, 6) is 0.465. The Hall–Kier alpha value is -3.80. The fraction of sp³-hybridized carbons (Fsp3) is 0.286. The number of imide groups is 1. The normalized spacial score (nSPS) is 17.3. The van der Waals surface area contributed by atoms with Crippen LogP contribution in [-0.2, 0) is 16.0 Å². The molecule has 0 aromatic heterocycles. The molecule has 0 spiro atoms. The van der Waals surface area contributed by atoms with E-state index in [2.05, 4.69) is 24.0 Å². The van der Waals surface area contributed by atoms with Gasteiger partial charge in [0, 0.05) is 6.54 Å². The van der Waals surface area contributed by atoms with Crippen molar-refractivity contribution >= 4 is 22.6 Å². The zero-order chi connectivity index (χ0) is 23.9. The summed E-state index contributed by atoms with van der Waals surface area (Å²) in [6.45, 7) is 4.13. The highest BCUT2D eigenvalue weighted by atomic mass is 16.5. The third kappa shape index (κ3) is 5.57. The summed E-state index contributed by atoms with van der Waals surface area (Å²) in [5, 5.41) is 5.14. The lowest BCUT2D eigenvalue weighted by atomic mass is 9.80. The molecule has 1 fully saturated rings. The molecular formula is C28H31N3O3. The van der Waals surface area contributed by atoms with Crippen LogP contribution in [0.25, 0.3) is 10.8 Å². The molecular weight excluding hydrogens is 426 g/mol. The monoisotopic (exact) mass is 457 g/mol. The van der Waals surface area contributed by atoms with E-state index in [1.54, 1.807) is 0 Å². The smallest absolute Gasteiger partial charge is 0.267 e. The van der Waals surface area contributed by atoms with Gasteiger partial charge in [-0.3, -0.25) is 14.5 Å². The Morgan fingerprint density at radius 2 is 1.74 bits per heavy atom. The first-order valence-corrected chi connectivity index (χ1v) is 11.7. The molecule has 2 atom stereocenters. The van der Waals surface area contributed by atoms with Crippen molar-refractivity contribution in [2.75, 3.05) is 13.2 Å². The SMILES string of the molecule is C=C(N)NCCC[C@H]1C(=O)N(C(=O)COc2ccc3ccccc3c2)[C@H]1CCc1ccccc1. The molecule has 6 nitrogen and oxygen atoms in total. The highest BCUT2D eigenvalue weighted by Gasteiger charge is 2.49. The minimum atomic E-state index is -0.291. The van der Waals surface area contributed by atoms with Gasteiger partial charge in [0.2, 0.25) is 5.91 Å². The Morgan fingerprint density at radius 3 is 2.50 bits per heavy atom. The Morgan fingerprint density at radius 1 is 1.00 bits per heavy atom. The third-order valence-corrected chi connectivity index (χ3v) is 6.32. The Balaban J connectivity index is 1.38. The van der Waals surface area contributed by atoms with Crippen molar-refractivity contribution in [3.63, 3.8) is 0 Å². The minimum Gasteiger partial charge on any atom is -0.484 e. The van der Waals surface area contributed by atoms with Crippen LogP contribution in [-0.4, -0.2) is 35.9 Å². The van der Waals surface area contributed by atoms with E-state index < -0.39 is 0 Å². The number of β-lactam (4-membered cyclic amide) rings is 1. The molecule has 2 amide bonds. The molecule has 34 heavy (non-hydrogen) atoms. The number of carbonyl (C=O) groups excluding carboxylic acids is 2. The first-order valence-electron chi connectivity index (χ1n) is 11.7. The molecule has 0 unspecified atom stereocenters. The third-order valence-electron chi connectivity index (χ3n) is 6.32. The van der Waals surface area contributed by atoms with E-state index in [0.717, 1.165) is 30.0 Å². The molecule has 1 aliphatic heterocycles. The largest absolute Gasteiger partial charge is 0.484 e. The number of ether oxygens (including phenoxy) is 1. The average Bonchev–Trinajstić information content (AvgIpc) is 2.85. The number of nitrogens with one attached hydrogen (secondary N) is 1. The number of aryl methyl sites for hydroxylation is 1. The lowest BCUT2D eigenvalue weighted by molar-refractivity contribution is -0.168. The number of rotatable bonds is 11. The molecule has 3 aromatic carbocycles. The van der Waals surface area contributed by atoms with Gasteiger partial charge < -0.3 is 15.8 Å². The summed E-state index contributed by atoms with van der Waals surface area (Å²) in [5.41, 5.74) is 6.75. The van der Waals surface area contributed by atoms with Crippen LogP contribution >= 0.6 is 0 Å². The zero-order valence-electron chi connectivity index (χ0n) is 19.3. The second-order valence-corrected chi connectivity index (χ2v) is 8.69. The predicted molar refractivity (Wildman–Crippen MR) is 134 cm³/mol. The average molecular weight is 458 g/mol. The number of amides is 2. The number of hydrogen-bond acceptors (Lipinski definition) is 5. The topological polar surface area (TPSA) is 84.7 Å². The molecule has 0 bridgehead atoms. The van der Waals surface area contributed by atoms with Gasteiger partial charge in [-0.25, -0.2) is 0 Å². The maximum Gasteiger partial charge on any atom is 0.267 e. The second kappa shape index (κ2) is 10.9. The van der Waals surface area contributed by atoms with Gasteiger partial charge in [0.15, 0.2) is 6.61 Å². The summed E-state index contributed by atoms with van der Waals surface area (Å²) >= 11 is 0. The molecule has 0 aliphatic carbocycles. The summed E-state index contributed by atoms with van der Waals surface area (Å²) < 4.78 is 5.78. The summed E-state index contributed by atoms with van der Waals surface area (Å²) in [6.07, 6.45) is 3.03. The quantitative estimate of drug-likeness (QED) is 0.336. The van der Waals surface area contributed by atoms with Crippen LogP contribution in [0.15, 0.2) is 85.2 Å². The first-order chi connectivity index (χ1) is 16.5. The van der Waals surface area contributed by atoms with E-state index >= 15 is 0 Å². The summed E-state index contributed by atoms with van der Waals surface area (Å²) in [4.78, 5) is 27.3. The van der Waals surface area contributed by atoms with E-state index in [4.69, 9.17) is 10.5 Å². The van der Waals surface area contributed by atoms with Gasteiger partial charge >= 0.3 is 0 Å². The summed E-state index contributed by atoms with van der Waals surface area (Å²) in [6, 6.07) is 23.7. The van der Waals surface area contributed by atoms with Crippen LogP contribution in [0.2, 0.25) is 0 Å². The van der Waals surface area contributed by atoms with Crippen molar-refractivity contribution in [3.05, 3.63) is 90.8 Å². The summed E-state index contributed by atoms with van der Waals surface area (Å²) in [7, 11) is 0. The Kier molecular flexibility index (Phi) is 7.48. The second-order valence-electron chi connectivity index (χ2n) is 8.69. The van der Waals surface area contributed by atoms with Crippen LogP contribution in [0, 0.1) is 5.92 Å². The standard InChI is InChI=1S/C28H31N3O3/c1-20(29)30-17-7-12-25-26(16-13-21-8-3-2-4-9-21)31(28(25)33)27(32)19-34-24-15-14-22-10-5-6-11-23(22)18-24/h2-6,8-11,14-15,18,25-26,30H,1,7,12-13,16-17,19,29H2/t25-,26+/m1/s1. The minimum absolute atomic E-state index is 0.114. The van der Waals surface area contributed by atoms with Crippen molar-refractivity contribution in [3.8, 4) is 5.75 Å². The molecule has 0 radical (unpaired) electrons. The molecule has 1 saturated heterocycles. The molecule has 1 heterocycles. The first kappa shape index (κ1) is 23.4. The number of benzene rings is 3. The molecule has 176 valence electrons. The highest BCUT2D eigenvalue weighted by Crippen LogP contribution is 2.34.